The van der Waals surface area contributed by atoms with Crippen molar-refractivity contribution >= 4 is 11.6 Å². The number of rotatable bonds is 2. The van der Waals surface area contributed by atoms with Gasteiger partial charge in [-0.2, -0.15) is 0 Å². The minimum absolute atomic E-state index is 0.0975. The Morgan fingerprint density at radius 1 is 1.50 bits per heavy atom. The molecule has 1 atom stereocenters. The zero-order valence-electron chi connectivity index (χ0n) is 7.93. The topological polar surface area (TPSA) is 20.2 Å². The average Bonchev–Trinajstić information content (AvgIpc) is 2.92. The third-order valence-corrected chi connectivity index (χ3v) is 3.18. The van der Waals surface area contributed by atoms with Gasteiger partial charge in [0, 0.05) is 0 Å². The van der Waals surface area contributed by atoms with Gasteiger partial charge in [0.2, 0.25) is 0 Å². The van der Waals surface area contributed by atoms with Gasteiger partial charge in [0.25, 0.3) is 0 Å². The predicted octanol–water partition coefficient (Wildman–Crippen LogP) is 3.10. The maximum Gasteiger partial charge on any atom is 0.142 e. The highest BCUT2D eigenvalue weighted by atomic mass is 35.5. The second-order valence-electron chi connectivity index (χ2n) is 4.05. The van der Waals surface area contributed by atoms with E-state index in [9.17, 15) is 9.50 Å². The summed E-state index contributed by atoms with van der Waals surface area (Å²) in [7, 11) is 0. The minimum atomic E-state index is -0.911. The van der Waals surface area contributed by atoms with E-state index in [2.05, 4.69) is 0 Å². The van der Waals surface area contributed by atoms with Gasteiger partial charge in [-0.1, -0.05) is 17.7 Å². The Hall–Kier alpha value is -0.600. The van der Waals surface area contributed by atoms with Crippen molar-refractivity contribution in [1.82, 2.24) is 0 Å². The second-order valence-corrected chi connectivity index (χ2v) is 4.46. The van der Waals surface area contributed by atoms with Crippen LogP contribution in [0.3, 0.4) is 0 Å². The van der Waals surface area contributed by atoms with Crippen molar-refractivity contribution in [2.45, 2.75) is 25.4 Å². The molecule has 0 aliphatic heterocycles. The molecule has 3 heteroatoms. The van der Waals surface area contributed by atoms with Crippen molar-refractivity contribution < 1.29 is 9.50 Å². The van der Waals surface area contributed by atoms with Crippen LogP contribution >= 0.6 is 11.6 Å². The molecule has 1 aliphatic carbocycles. The third kappa shape index (κ3) is 1.64. The van der Waals surface area contributed by atoms with Crippen LogP contribution in [0.2, 0.25) is 5.02 Å². The molecule has 0 unspecified atom stereocenters. The predicted molar refractivity (Wildman–Crippen MR) is 53.7 cm³/mol. The normalized spacial score (nSPS) is 20.6. The molecule has 0 bridgehead atoms. The lowest BCUT2D eigenvalue weighted by Crippen LogP contribution is -2.23. The SMILES string of the molecule is C[C@](O)(c1ccc(Cl)c(F)c1)C1CC1. The van der Waals surface area contributed by atoms with Crippen molar-refractivity contribution in [3.05, 3.63) is 34.6 Å². The first-order valence-corrected chi connectivity index (χ1v) is 5.07. The Balaban J connectivity index is 2.36. The van der Waals surface area contributed by atoms with Crippen LogP contribution in [0.15, 0.2) is 18.2 Å². The molecule has 0 saturated heterocycles. The first-order chi connectivity index (χ1) is 6.51. The first kappa shape index (κ1) is 9.94. The van der Waals surface area contributed by atoms with Gasteiger partial charge in [0.05, 0.1) is 10.6 Å². The molecule has 1 N–H and O–H groups in total. The number of halogens is 2. The maximum atomic E-state index is 13.2. The lowest BCUT2D eigenvalue weighted by molar-refractivity contribution is 0.0328. The van der Waals surface area contributed by atoms with Crippen molar-refractivity contribution in [2.75, 3.05) is 0 Å². The van der Waals surface area contributed by atoms with Gasteiger partial charge in [0.15, 0.2) is 0 Å². The number of hydrogen-bond donors (Lipinski definition) is 1. The van der Waals surface area contributed by atoms with Crippen LogP contribution in [0, 0.1) is 11.7 Å². The molecular formula is C11H12ClFO. The fraction of sp³-hybridized carbons (Fsp3) is 0.455. The number of benzene rings is 1. The van der Waals surface area contributed by atoms with E-state index in [-0.39, 0.29) is 10.9 Å². The molecule has 1 saturated carbocycles. The number of aliphatic hydroxyl groups is 1. The zero-order chi connectivity index (χ0) is 10.3. The van der Waals surface area contributed by atoms with Crippen LogP contribution in [-0.2, 0) is 5.60 Å². The van der Waals surface area contributed by atoms with Crippen LogP contribution < -0.4 is 0 Å². The smallest absolute Gasteiger partial charge is 0.142 e. The third-order valence-electron chi connectivity index (χ3n) is 2.88. The van der Waals surface area contributed by atoms with Crippen LogP contribution in [0.5, 0.6) is 0 Å². The summed E-state index contributed by atoms with van der Waals surface area (Å²) < 4.78 is 13.2. The van der Waals surface area contributed by atoms with E-state index in [0.29, 0.717) is 5.56 Å². The molecule has 0 amide bonds. The summed E-state index contributed by atoms with van der Waals surface area (Å²) in [5.41, 5.74) is -0.298. The van der Waals surface area contributed by atoms with Gasteiger partial charge < -0.3 is 5.11 Å². The summed E-state index contributed by atoms with van der Waals surface area (Å²) in [6.07, 6.45) is 2.02. The van der Waals surface area contributed by atoms with Gasteiger partial charge in [-0.15, -0.1) is 0 Å². The molecule has 1 aromatic carbocycles. The molecule has 2 rings (SSSR count). The molecule has 1 aliphatic rings. The monoisotopic (exact) mass is 214 g/mol. The van der Waals surface area contributed by atoms with Crippen molar-refractivity contribution in [1.29, 1.82) is 0 Å². The van der Waals surface area contributed by atoms with Gasteiger partial charge in [-0.3, -0.25) is 0 Å². The molecule has 76 valence electrons. The molecule has 14 heavy (non-hydrogen) atoms. The molecule has 0 radical (unpaired) electrons. The summed E-state index contributed by atoms with van der Waals surface area (Å²) in [4.78, 5) is 0. The fourth-order valence-electron chi connectivity index (χ4n) is 1.69. The Bertz CT molecular complexity index is 358. The Labute approximate surface area is 87.5 Å². The highest BCUT2D eigenvalue weighted by Gasteiger charge is 2.41. The average molecular weight is 215 g/mol. The summed E-state index contributed by atoms with van der Waals surface area (Å²) in [6, 6.07) is 4.49. The summed E-state index contributed by atoms with van der Waals surface area (Å²) in [5.74, 6) is -0.201. The highest BCUT2D eigenvalue weighted by molar-refractivity contribution is 6.30. The van der Waals surface area contributed by atoms with Crippen molar-refractivity contribution in [3.8, 4) is 0 Å². The van der Waals surface area contributed by atoms with Crippen molar-refractivity contribution in [2.24, 2.45) is 5.92 Å². The van der Waals surface area contributed by atoms with E-state index in [1.807, 2.05) is 0 Å². The van der Waals surface area contributed by atoms with E-state index in [1.54, 1.807) is 13.0 Å². The Morgan fingerprint density at radius 2 is 2.14 bits per heavy atom. The summed E-state index contributed by atoms with van der Waals surface area (Å²) >= 11 is 5.57. The first-order valence-electron chi connectivity index (χ1n) is 4.69. The summed E-state index contributed by atoms with van der Waals surface area (Å²) in [6.45, 7) is 1.73. The molecule has 1 nitrogen and oxygen atoms in total. The zero-order valence-corrected chi connectivity index (χ0v) is 8.68. The summed E-state index contributed by atoms with van der Waals surface area (Å²) in [5, 5.41) is 10.2. The molecular weight excluding hydrogens is 203 g/mol. The largest absolute Gasteiger partial charge is 0.385 e. The van der Waals surface area contributed by atoms with Gasteiger partial charge >= 0.3 is 0 Å². The lowest BCUT2D eigenvalue weighted by Gasteiger charge is -2.23. The second kappa shape index (κ2) is 3.21. The maximum absolute atomic E-state index is 13.2. The standard InChI is InChI=1S/C11H12ClFO/c1-11(14,7-2-3-7)8-4-5-9(12)10(13)6-8/h4-7,14H,2-3H2,1H3/t11-/m1/s1. The van der Waals surface area contributed by atoms with Gasteiger partial charge in [-0.25, -0.2) is 4.39 Å². The number of hydrogen-bond acceptors (Lipinski definition) is 1. The minimum Gasteiger partial charge on any atom is -0.385 e. The highest BCUT2D eigenvalue weighted by Crippen LogP contribution is 2.45. The van der Waals surface area contributed by atoms with E-state index < -0.39 is 11.4 Å². The van der Waals surface area contributed by atoms with E-state index >= 15 is 0 Å². The van der Waals surface area contributed by atoms with Gasteiger partial charge in [0.1, 0.15) is 5.82 Å². The van der Waals surface area contributed by atoms with Crippen LogP contribution in [-0.4, -0.2) is 5.11 Å². The van der Waals surface area contributed by atoms with E-state index in [1.165, 1.54) is 12.1 Å². The van der Waals surface area contributed by atoms with Crippen LogP contribution in [0.25, 0.3) is 0 Å². The molecule has 0 spiro atoms. The van der Waals surface area contributed by atoms with Crippen LogP contribution in [0.4, 0.5) is 4.39 Å². The quantitative estimate of drug-likeness (QED) is 0.802. The van der Waals surface area contributed by atoms with E-state index in [0.717, 1.165) is 12.8 Å². The van der Waals surface area contributed by atoms with E-state index in [4.69, 9.17) is 11.6 Å². The fourth-order valence-corrected chi connectivity index (χ4v) is 1.81. The molecule has 0 aromatic heterocycles. The van der Waals surface area contributed by atoms with Crippen LogP contribution in [0.1, 0.15) is 25.3 Å². The van der Waals surface area contributed by atoms with Gasteiger partial charge in [-0.05, 0) is 43.4 Å². The lowest BCUT2D eigenvalue weighted by atomic mass is 9.91. The molecule has 1 fully saturated rings. The van der Waals surface area contributed by atoms with Crippen molar-refractivity contribution in [3.63, 3.8) is 0 Å². The Kier molecular flexibility index (Phi) is 2.28. The molecule has 1 aromatic rings. The molecule has 0 heterocycles. The Morgan fingerprint density at radius 3 is 2.64 bits per heavy atom.